The number of amides is 1. The maximum absolute atomic E-state index is 12.0. The second-order valence-corrected chi connectivity index (χ2v) is 5.44. The molecule has 1 aromatic heterocycles. The van der Waals surface area contributed by atoms with Gasteiger partial charge in [0.25, 0.3) is 5.91 Å². The lowest BCUT2D eigenvalue weighted by atomic mass is 9.94. The Balaban J connectivity index is 1.89. The lowest BCUT2D eigenvalue weighted by molar-refractivity contribution is -0.0606. The summed E-state index contributed by atoms with van der Waals surface area (Å²) in [6.45, 7) is 5.33. The first-order chi connectivity index (χ1) is 9.54. The highest BCUT2D eigenvalue weighted by Gasteiger charge is 2.30. The van der Waals surface area contributed by atoms with Crippen molar-refractivity contribution in [3.63, 3.8) is 0 Å². The number of carbonyl (C=O) groups excluding carboxylic acids is 1. The SMILES string of the molecule is CCC(C)c1cc(C(=O)NCC2(O)CCOCC2)on1. The molecule has 6 nitrogen and oxygen atoms in total. The number of ether oxygens (including phenoxy) is 1. The van der Waals surface area contributed by atoms with Crippen molar-refractivity contribution < 1.29 is 19.2 Å². The number of rotatable bonds is 5. The van der Waals surface area contributed by atoms with Gasteiger partial charge in [-0.15, -0.1) is 0 Å². The average molecular weight is 282 g/mol. The number of carbonyl (C=O) groups is 1. The lowest BCUT2D eigenvalue weighted by Crippen LogP contribution is -2.46. The predicted molar refractivity (Wildman–Crippen MR) is 72.5 cm³/mol. The Morgan fingerprint density at radius 3 is 2.90 bits per heavy atom. The first-order valence-corrected chi connectivity index (χ1v) is 7.09. The summed E-state index contributed by atoms with van der Waals surface area (Å²) in [4.78, 5) is 12.0. The van der Waals surface area contributed by atoms with Gasteiger partial charge in [-0.3, -0.25) is 4.79 Å². The van der Waals surface area contributed by atoms with E-state index in [2.05, 4.69) is 17.4 Å². The summed E-state index contributed by atoms with van der Waals surface area (Å²) in [5.74, 6) is 0.114. The zero-order valence-electron chi connectivity index (χ0n) is 12.0. The molecule has 0 aliphatic carbocycles. The summed E-state index contributed by atoms with van der Waals surface area (Å²) in [5, 5.41) is 16.9. The van der Waals surface area contributed by atoms with Crippen LogP contribution in [0.15, 0.2) is 10.6 Å². The van der Waals surface area contributed by atoms with Crippen molar-refractivity contribution in [1.29, 1.82) is 0 Å². The number of aliphatic hydroxyl groups is 1. The van der Waals surface area contributed by atoms with Gasteiger partial charge in [-0.1, -0.05) is 19.0 Å². The van der Waals surface area contributed by atoms with Gasteiger partial charge in [0.1, 0.15) is 0 Å². The molecule has 1 aromatic rings. The highest BCUT2D eigenvalue weighted by Crippen LogP contribution is 2.20. The van der Waals surface area contributed by atoms with Crippen molar-refractivity contribution in [2.45, 2.75) is 44.6 Å². The summed E-state index contributed by atoms with van der Waals surface area (Å²) >= 11 is 0. The Bertz CT molecular complexity index is 452. The molecule has 6 heteroatoms. The third-order valence-corrected chi connectivity index (χ3v) is 3.87. The molecule has 2 rings (SSSR count). The zero-order valence-corrected chi connectivity index (χ0v) is 12.0. The van der Waals surface area contributed by atoms with E-state index in [0.29, 0.717) is 26.1 Å². The van der Waals surface area contributed by atoms with Crippen LogP contribution in [0.5, 0.6) is 0 Å². The Labute approximate surface area is 118 Å². The molecule has 0 spiro atoms. The number of nitrogens with one attached hydrogen (secondary N) is 1. The molecule has 1 amide bonds. The number of hydrogen-bond acceptors (Lipinski definition) is 5. The maximum atomic E-state index is 12.0. The van der Waals surface area contributed by atoms with Gasteiger partial charge in [-0.2, -0.15) is 0 Å². The highest BCUT2D eigenvalue weighted by molar-refractivity contribution is 5.91. The molecule has 2 heterocycles. The minimum absolute atomic E-state index is 0.191. The van der Waals surface area contributed by atoms with E-state index in [0.717, 1.165) is 12.1 Å². The van der Waals surface area contributed by atoms with Crippen LogP contribution in [0.4, 0.5) is 0 Å². The van der Waals surface area contributed by atoms with Gasteiger partial charge >= 0.3 is 0 Å². The van der Waals surface area contributed by atoms with E-state index in [9.17, 15) is 9.90 Å². The normalized spacial score (nSPS) is 19.6. The molecule has 1 atom stereocenters. The molecule has 0 radical (unpaired) electrons. The topological polar surface area (TPSA) is 84.6 Å². The number of hydrogen-bond donors (Lipinski definition) is 2. The summed E-state index contributed by atoms with van der Waals surface area (Å²) in [6.07, 6.45) is 2.00. The molecule has 1 aliphatic rings. The van der Waals surface area contributed by atoms with Gasteiger partial charge in [0, 0.05) is 44.6 Å². The fourth-order valence-electron chi connectivity index (χ4n) is 2.10. The molecular formula is C14H22N2O4. The molecule has 112 valence electrons. The minimum atomic E-state index is -0.881. The standard InChI is InChI=1S/C14H22N2O4/c1-3-10(2)11-8-12(20-16-11)13(17)15-9-14(18)4-6-19-7-5-14/h8,10,18H,3-7,9H2,1-2H3,(H,15,17). The quantitative estimate of drug-likeness (QED) is 0.854. The Morgan fingerprint density at radius 2 is 2.25 bits per heavy atom. The van der Waals surface area contributed by atoms with E-state index in [1.165, 1.54) is 0 Å². The third kappa shape index (κ3) is 3.58. The average Bonchev–Trinajstić information content (AvgIpc) is 2.94. The number of nitrogens with zero attached hydrogens (tertiary/aromatic N) is 1. The van der Waals surface area contributed by atoms with Crippen molar-refractivity contribution in [3.8, 4) is 0 Å². The van der Waals surface area contributed by atoms with Crippen molar-refractivity contribution in [2.75, 3.05) is 19.8 Å². The van der Waals surface area contributed by atoms with Crippen molar-refractivity contribution in [3.05, 3.63) is 17.5 Å². The summed E-state index contributed by atoms with van der Waals surface area (Å²) < 4.78 is 10.3. The highest BCUT2D eigenvalue weighted by atomic mass is 16.5. The Morgan fingerprint density at radius 1 is 1.55 bits per heavy atom. The maximum Gasteiger partial charge on any atom is 0.290 e. The second-order valence-electron chi connectivity index (χ2n) is 5.44. The Kier molecular flexibility index (Phi) is 4.77. The minimum Gasteiger partial charge on any atom is -0.388 e. The molecular weight excluding hydrogens is 260 g/mol. The van der Waals surface area contributed by atoms with Gasteiger partial charge in [0.15, 0.2) is 0 Å². The van der Waals surface area contributed by atoms with Crippen LogP contribution in [0.25, 0.3) is 0 Å². The van der Waals surface area contributed by atoms with E-state index in [-0.39, 0.29) is 24.1 Å². The van der Waals surface area contributed by atoms with E-state index >= 15 is 0 Å². The third-order valence-electron chi connectivity index (χ3n) is 3.87. The molecule has 1 unspecified atom stereocenters. The summed E-state index contributed by atoms with van der Waals surface area (Å²) in [6, 6.07) is 1.66. The van der Waals surface area contributed by atoms with Gasteiger partial charge < -0.3 is 19.7 Å². The van der Waals surface area contributed by atoms with Gasteiger partial charge in [0.05, 0.1) is 11.3 Å². The van der Waals surface area contributed by atoms with Crippen LogP contribution in [0.2, 0.25) is 0 Å². The van der Waals surface area contributed by atoms with Gasteiger partial charge in [-0.25, -0.2) is 0 Å². The molecule has 1 saturated heterocycles. The van der Waals surface area contributed by atoms with E-state index in [1.807, 2.05) is 6.92 Å². The van der Waals surface area contributed by atoms with Crippen molar-refractivity contribution >= 4 is 5.91 Å². The zero-order chi connectivity index (χ0) is 14.6. The van der Waals surface area contributed by atoms with Gasteiger partial charge in [-0.05, 0) is 6.42 Å². The van der Waals surface area contributed by atoms with Crippen LogP contribution in [0.1, 0.15) is 55.3 Å². The first-order valence-electron chi connectivity index (χ1n) is 7.09. The van der Waals surface area contributed by atoms with Crippen molar-refractivity contribution in [2.24, 2.45) is 0 Å². The van der Waals surface area contributed by atoms with Crippen LogP contribution in [-0.4, -0.2) is 41.5 Å². The largest absolute Gasteiger partial charge is 0.388 e. The first kappa shape index (κ1) is 15.0. The summed E-state index contributed by atoms with van der Waals surface area (Å²) in [5.41, 5.74) is -0.101. The molecule has 1 fully saturated rings. The number of aromatic nitrogens is 1. The van der Waals surface area contributed by atoms with Crippen molar-refractivity contribution in [1.82, 2.24) is 10.5 Å². The van der Waals surface area contributed by atoms with E-state index in [1.54, 1.807) is 6.07 Å². The molecule has 0 saturated carbocycles. The monoisotopic (exact) mass is 282 g/mol. The fourth-order valence-corrected chi connectivity index (χ4v) is 2.10. The smallest absolute Gasteiger partial charge is 0.290 e. The van der Waals surface area contributed by atoms with Crippen LogP contribution < -0.4 is 5.32 Å². The predicted octanol–water partition coefficient (Wildman–Crippen LogP) is 1.46. The second kappa shape index (κ2) is 6.37. The Hall–Kier alpha value is -1.40. The molecule has 0 bridgehead atoms. The summed E-state index contributed by atoms with van der Waals surface area (Å²) in [7, 11) is 0. The molecule has 2 N–H and O–H groups in total. The molecule has 1 aliphatic heterocycles. The van der Waals surface area contributed by atoms with Crippen LogP contribution in [-0.2, 0) is 4.74 Å². The van der Waals surface area contributed by atoms with E-state index in [4.69, 9.17) is 9.26 Å². The fraction of sp³-hybridized carbons (Fsp3) is 0.714. The van der Waals surface area contributed by atoms with Crippen LogP contribution in [0.3, 0.4) is 0 Å². The molecule has 0 aromatic carbocycles. The van der Waals surface area contributed by atoms with E-state index < -0.39 is 5.60 Å². The molecule has 20 heavy (non-hydrogen) atoms. The van der Waals surface area contributed by atoms with Crippen LogP contribution in [0, 0.1) is 0 Å². The lowest BCUT2D eigenvalue weighted by Gasteiger charge is -2.31. The van der Waals surface area contributed by atoms with Gasteiger partial charge in [0.2, 0.25) is 5.76 Å². The van der Waals surface area contributed by atoms with Crippen LogP contribution >= 0.6 is 0 Å².